The minimum absolute atomic E-state index is 1.47. The van der Waals surface area contributed by atoms with Gasteiger partial charge in [-0.3, -0.25) is 9.53 Å². The quantitative estimate of drug-likeness (QED) is 0.672. The van der Waals surface area contributed by atoms with Crippen LogP contribution in [0.5, 0.6) is 0 Å². The molecule has 0 saturated heterocycles. The number of carboxylic acids is 1. The van der Waals surface area contributed by atoms with Gasteiger partial charge in [-0.05, 0) is 0 Å². The molecule has 1 N–H and O–H groups in total. The topological polar surface area (TPSA) is 55.8 Å². The largest absolute Gasteiger partial charge is 0.525 e. The maximum atomic E-state index is 13.3. The maximum absolute atomic E-state index is 13.3. The van der Waals surface area contributed by atoms with E-state index in [0.717, 1.165) is 0 Å². The number of hydrogen-bond acceptors (Lipinski definition) is 3. The molecule has 2 atom stereocenters. The Hall–Kier alpha value is -1.52. The van der Waals surface area contributed by atoms with Crippen LogP contribution >= 0.6 is 0 Å². The van der Waals surface area contributed by atoms with Crippen molar-refractivity contribution in [2.75, 3.05) is 0 Å². The van der Waals surface area contributed by atoms with E-state index in [1.165, 1.54) is 4.74 Å². The van der Waals surface area contributed by atoms with Gasteiger partial charge in [0.1, 0.15) is 6.42 Å². The first-order chi connectivity index (χ1) is 10.6. The van der Waals surface area contributed by atoms with E-state index >= 15 is 0 Å². The van der Waals surface area contributed by atoms with E-state index in [1.807, 2.05) is 4.74 Å². The molecule has 25 heavy (non-hydrogen) atoms. The minimum atomic E-state index is -7.39. The van der Waals surface area contributed by atoms with Gasteiger partial charge in [0, 0.05) is 0 Å². The molecule has 0 spiro atoms. The summed E-state index contributed by atoms with van der Waals surface area (Å²) in [5.41, 5.74) is 0. The summed E-state index contributed by atoms with van der Waals surface area (Å²) in [7, 11) is 0. The summed E-state index contributed by atoms with van der Waals surface area (Å²) in [4.78, 5) is 10.0. The molecule has 0 radical (unpaired) electrons. The minimum Gasteiger partial charge on any atom is -0.481 e. The molecule has 0 aliphatic heterocycles. The van der Waals surface area contributed by atoms with Gasteiger partial charge < -0.3 is 5.11 Å². The molecule has 4 nitrogen and oxygen atoms in total. The number of alkyl halides is 13. The number of carboxylic acid groups (broad SMARTS) is 1. The van der Waals surface area contributed by atoms with Gasteiger partial charge in [-0.2, -0.15) is 39.5 Å². The first-order valence-electron chi connectivity index (χ1n) is 5.16. The number of aliphatic carboxylic acids is 1. The summed E-state index contributed by atoms with van der Waals surface area (Å²) in [6.45, 7) is 0. The summed E-state index contributed by atoms with van der Waals surface area (Å²) >= 11 is 0. The third-order valence-corrected chi connectivity index (χ3v) is 2.09. The van der Waals surface area contributed by atoms with Crippen molar-refractivity contribution in [3.63, 3.8) is 0 Å². The average molecular weight is 410 g/mol. The van der Waals surface area contributed by atoms with Crippen LogP contribution in [0.3, 0.4) is 0 Å². The zero-order chi connectivity index (χ0) is 20.7. The second-order valence-corrected chi connectivity index (χ2v) is 4.06. The Labute approximate surface area is 127 Å². The molecular formula is C8H3F13O4. The fourth-order valence-corrected chi connectivity index (χ4v) is 1.10. The molecule has 0 aromatic heterocycles. The van der Waals surface area contributed by atoms with Crippen LogP contribution < -0.4 is 0 Å². The Bertz CT molecular complexity index is 494. The fraction of sp³-hybridized carbons (Fsp3) is 0.875. The van der Waals surface area contributed by atoms with Gasteiger partial charge in [0.05, 0.1) is 0 Å². The van der Waals surface area contributed by atoms with E-state index in [-0.39, 0.29) is 0 Å². The second-order valence-electron chi connectivity index (χ2n) is 4.06. The number of ether oxygens (including phenoxy) is 2. The first-order valence-corrected chi connectivity index (χ1v) is 5.16. The lowest BCUT2D eigenvalue weighted by Gasteiger charge is -2.37. The summed E-state index contributed by atoms with van der Waals surface area (Å²) < 4.78 is 165. The zero-order valence-corrected chi connectivity index (χ0v) is 10.8. The van der Waals surface area contributed by atoms with Crippen LogP contribution in [0.25, 0.3) is 0 Å². The molecule has 0 saturated carbocycles. The number of halogens is 13. The molecular weight excluding hydrogens is 407 g/mol. The van der Waals surface area contributed by atoms with E-state index in [2.05, 4.69) is 0 Å². The van der Waals surface area contributed by atoms with E-state index in [1.54, 1.807) is 0 Å². The number of carbonyl (C=O) groups is 1. The van der Waals surface area contributed by atoms with Gasteiger partial charge in [-0.15, -0.1) is 13.2 Å². The summed E-state index contributed by atoms with van der Waals surface area (Å²) in [5, 5.41) is 7.97. The Balaban J connectivity index is 6.15. The summed E-state index contributed by atoms with van der Waals surface area (Å²) in [6, 6.07) is 0. The average Bonchev–Trinajstić information content (AvgIpc) is 2.20. The molecule has 0 heterocycles. The third-order valence-electron chi connectivity index (χ3n) is 2.09. The molecule has 0 aliphatic rings. The second kappa shape index (κ2) is 6.33. The molecule has 2 unspecified atom stereocenters. The zero-order valence-electron chi connectivity index (χ0n) is 10.8. The van der Waals surface area contributed by atoms with Crippen LogP contribution in [-0.2, 0) is 14.3 Å². The summed E-state index contributed by atoms with van der Waals surface area (Å²) in [6.07, 6.45) is -31.5. The first kappa shape index (κ1) is 23.5. The van der Waals surface area contributed by atoms with E-state index in [9.17, 15) is 61.9 Å². The molecule has 0 aromatic rings. The summed E-state index contributed by atoms with van der Waals surface area (Å²) in [5.74, 6) is -16.4. The molecule has 0 bridgehead atoms. The predicted octanol–water partition coefficient (Wildman–Crippen LogP) is 4.06. The van der Waals surface area contributed by atoms with Crippen LogP contribution in [-0.4, -0.2) is 47.6 Å². The van der Waals surface area contributed by atoms with Gasteiger partial charge >= 0.3 is 42.5 Å². The van der Waals surface area contributed by atoms with Crippen LogP contribution in [0.15, 0.2) is 0 Å². The van der Waals surface area contributed by atoms with E-state index < -0.39 is 48.9 Å². The normalized spacial score (nSPS) is 19.2. The standard InChI is InChI=1S/C8H3F13O4/c9-3(1-2(22)23,5(11,12)13)24-7(17,18)4(10,6(14,15)16)25-8(19,20)21/h1H2,(H,22,23). The fourth-order valence-electron chi connectivity index (χ4n) is 1.10. The third kappa shape index (κ3) is 5.23. The van der Waals surface area contributed by atoms with Crippen LogP contribution in [0.4, 0.5) is 57.1 Å². The van der Waals surface area contributed by atoms with E-state index in [4.69, 9.17) is 5.11 Å². The van der Waals surface area contributed by atoms with Crippen molar-refractivity contribution in [3.05, 3.63) is 0 Å². The van der Waals surface area contributed by atoms with Crippen molar-refractivity contribution in [1.29, 1.82) is 0 Å². The van der Waals surface area contributed by atoms with Gasteiger partial charge in [0.2, 0.25) is 0 Å². The van der Waals surface area contributed by atoms with Crippen LogP contribution in [0.2, 0.25) is 0 Å². The SMILES string of the molecule is O=C(O)CC(F)(OC(F)(F)C(F)(OC(F)(F)F)C(F)(F)F)C(F)(F)F. The van der Waals surface area contributed by atoms with Gasteiger partial charge in [0.15, 0.2) is 0 Å². The molecule has 150 valence electrons. The lowest BCUT2D eigenvalue weighted by molar-refractivity contribution is -0.543. The van der Waals surface area contributed by atoms with Gasteiger partial charge in [-0.1, -0.05) is 0 Å². The van der Waals surface area contributed by atoms with Crippen LogP contribution in [0, 0.1) is 0 Å². The van der Waals surface area contributed by atoms with Crippen LogP contribution in [0.1, 0.15) is 6.42 Å². The van der Waals surface area contributed by atoms with E-state index in [0.29, 0.717) is 0 Å². The molecule has 0 amide bonds. The smallest absolute Gasteiger partial charge is 0.481 e. The maximum Gasteiger partial charge on any atom is 0.525 e. The van der Waals surface area contributed by atoms with Crippen molar-refractivity contribution in [3.8, 4) is 0 Å². The molecule has 0 fully saturated rings. The van der Waals surface area contributed by atoms with Crippen molar-refractivity contribution < 1.29 is 76.5 Å². The molecule has 17 heteroatoms. The lowest BCUT2D eigenvalue weighted by Crippen LogP contribution is -2.64. The molecule has 0 aromatic carbocycles. The number of rotatable bonds is 6. The van der Waals surface area contributed by atoms with Crippen molar-refractivity contribution >= 4 is 5.97 Å². The van der Waals surface area contributed by atoms with Crippen molar-refractivity contribution in [2.45, 2.75) is 43.0 Å². The monoisotopic (exact) mass is 410 g/mol. The Morgan fingerprint density at radius 3 is 1.36 bits per heavy atom. The molecule has 0 aliphatic carbocycles. The predicted molar refractivity (Wildman–Crippen MR) is 45.2 cm³/mol. The van der Waals surface area contributed by atoms with Crippen molar-refractivity contribution in [1.82, 2.24) is 0 Å². The molecule has 0 rings (SSSR count). The Morgan fingerprint density at radius 1 is 0.720 bits per heavy atom. The lowest BCUT2D eigenvalue weighted by atomic mass is 10.2. The van der Waals surface area contributed by atoms with Gasteiger partial charge in [0.25, 0.3) is 0 Å². The van der Waals surface area contributed by atoms with Gasteiger partial charge in [-0.25, -0.2) is 9.13 Å². The highest BCUT2D eigenvalue weighted by atomic mass is 19.4. The highest BCUT2D eigenvalue weighted by molar-refractivity contribution is 5.68. The highest BCUT2D eigenvalue weighted by Gasteiger charge is 2.80. The highest BCUT2D eigenvalue weighted by Crippen LogP contribution is 2.53. The van der Waals surface area contributed by atoms with Crippen molar-refractivity contribution in [2.24, 2.45) is 0 Å². The Kier molecular flexibility index (Phi) is 5.94. The Morgan fingerprint density at radius 2 is 1.12 bits per heavy atom. The number of hydrogen-bond donors (Lipinski definition) is 1.